The van der Waals surface area contributed by atoms with E-state index in [2.05, 4.69) is 4.74 Å². The molecule has 1 aliphatic rings. The number of amides is 1. The number of hydrogen-bond acceptors (Lipinski definition) is 3. The molecule has 0 aromatic heterocycles. The first-order valence-corrected chi connectivity index (χ1v) is 5.52. The van der Waals surface area contributed by atoms with E-state index in [1.807, 2.05) is 13.8 Å². The van der Waals surface area contributed by atoms with Gasteiger partial charge in [-0.1, -0.05) is 0 Å². The third-order valence-corrected chi connectivity index (χ3v) is 3.17. The normalized spacial score (nSPS) is 24.2. The van der Waals surface area contributed by atoms with Crippen LogP contribution in [0.2, 0.25) is 0 Å². The lowest BCUT2D eigenvalue weighted by Gasteiger charge is -2.36. The Hall–Kier alpha value is -1.06. The van der Waals surface area contributed by atoms with Crippen LogP contribution in [0.25, 0.3) is 0 Å². The maximum atomic E-state index is 11.9. The van der Waals surface area contributed by atoms with Gasteiger partial charge in [-0.2, -0.15) is 0 Å². The van der Waals surface area contributed by atoms with Gasteiger partial charge in [-0.3, -0.25) is 9.59 Å². The molecule has 0 spiro atoms. The molecule has 0 unspecified atom stereocenters. The maximum Gasteiger partial charge on any atom is 0.309 e. The summed E-state index contributed by atoms with van der Waals surface area (Å²) in [5, 5.41) is 0. The minimum absolute atomic E-state index is 0.0988. The van der Waals surface area contributed by atoms with Crippen LogP contribution in [0.4, 0.5) is 0 Å². The molecule has 1 amide bonds. The van der Waals surface area contributed by atoms with Crippen LogP contribution in [0.5, 0.6) is 0 Å². The van der Waals surface area contributed by atoms with Gasteiger partial charge in [-0.15, -0.1) is 0 Å². The number of rotatable bonds is 4. The van der Waals surface area contributed by atoms with Gasteiger partial charge >= 0.3 is 5.97 Å². The number of methoxy groups -OCH3 is 1. The third kappa shape index (κ3) is 2.30. The fraction of sp³-hybridized carbons (Fsp3) is 0.818. The second kappa shape index (κ2) is 5.14. The first-order valence-electron chi connectivity index (χ1n) is 5.52. The Morgan fingerprint density at radius 1 is 1.20 bits per heavy atom. The summed E-state index contributed by atoms with van der Waals surface area (Å²) in [4.78, 5) is 25.0. The third-order valence-electron chi connectivity index (χ3n) is 3.17. The van der Waals surface area contributed by atoms with Crippen LogP contribution in [0.3, 0.4) is 0 Å². The molecule has 0 radical (unpaired) electrons. The van der Waals surface area contributed by atoms with E-state index in [9.17, 15) is 9.59 Å². The minimum atomic E-state index is -0.244. The molecule has 4 heteroatoms. The molecule has 4 nitrogen and oxygen atoms in total. The summed E-state index contributed by atoms with van der Waals surface area (Å²) >= 11 is 0. The molecule has 1 fully saturated rings. The summed E-state index contributed by atoms with van der Waals surface area (Å²) in [5.41, 5.74) is 0. The molecule has 0 bridgehead atoms. The largest absolute Gasteiger partial charge is 0.469 e. The second-order valence-corrected chi connectivity index (χ2v) is 3.82. The second-order valence-electron chi connectivity index (χ2n) is 3.82. The van der Waals surface area contributed by atoms with Crippen molar-refractivity contribution in [3.05, 3.63) is 0 Å². The predicted molar refractivity (Wildman–Crippen MR) is 56.2 cm³/mol. The lowest BCUT2D eigenvalue weighted by atomic mass is 9.73. The van der Waals surface area contributed by atoms with E-state index in [-0.39, 0.29) is 23.7 Å². The van der Waals surface area contributed by atoms with E-state index in [0.717, 1.165) is 12.8 Å². The van der Waals surface area contributed by atoms with Crippen molar-refractivity contribution in [2.45, 2.75) is 26.7 Å². The van der Waals surface area contributed by atoms with Crippen LogP contribution < -0.4 is 0 Å². The average molecular weight is 213 g/mol. The smallest absolute Gasteiger partial charge is 0.309 e. The summed E-state index contributed by atoms with van der Waals surface area (Å²) in [6, 6.07) is 0. The highest BCUT2D eigenvalue weighted by atomic mass is 16.5. The fourth-order valence-corrected chi connectivity index (χ4v) is 2.00. The molecule has 1 aliphatic carbocycles. The molecule has 0 heterocycles. The highest BCUT2D eigenvalue weighted by Gasteiger charge is 2.43. The molecule has 15 heavy (non-hydrogen) atoms. The van der Waals surface area contributed by atoms with Gasteiger partial charge < -0.3 is 9.64 Å². The molecule has 2 atom stereocenters. The van der Waals surface area contributed by atoms with Crippen LogP contribution in [0.15, 0.2) is 0 Å². The first kappa shape index (κ1) is 12.0. The standard InChI is InChI=1S/C11H19NO3/c1-4-12(5-2)10(13)8-6-7-9(8)11(14)15-3/h8-9H,4-7H2,1-3H3/t8-,9-/m0/s1. The van der Waals surface area contributed by atoms with E-state index in [1.54, 1.807) is 4.90 Å². The highest BCUT2D eigenvalue weighted by molar-refractivity contribution is 5.87. The Bertz CT molecular complexity index is 248. The van der Waals surface area contributed by atoms with Crippen LogP contribution in [0.1, 0.15) is 26.7 Å². The van der Waals surface area contributed by atoms with Gasteiger partial charge in [0.25, 0.3) is 0 Å². The average Bonchev–Trinajstić information content (AvgIpc) is 2.17. The van der Waals surface area contributed by atoms with E-state index in [4.69, 9.17) is 0 Å². The fourth-order valence-electron chi connectivity index (χ4n) is 2.00. The SMILES string of the molecule is CCN(CC)C(=O)[C@H]1CC[C@@H]1C(=O)OC. The number of hydrogen-bond donors (Lipinski definition) is 0. The zero-order valence-electron chi connectivity index (χ0n) is 9.66. The van der Waals surface area contributed by atoms with E-state index < -0.39 is 0 Å². The van der Waals surface area contributed by atoms with Gasteiger partial charge in [0.05, 0.1) is 18.9 Å². The van der Waals surface area contributed by atoms with Crippen LogP contribution >= 0.6 is 0 Å². The van der Waals surface area contributed by atoms with Gasteiger partial charge in [0.1, 0.15) is 0 Å². The highest BCUT2D eigenvalue weighted by Crippen LogP contribution is 2.36. The Morgan fingerprint density at radius 2 is 1.73 bits per heavy atom. The number of ether oxygens (including phenoxy) is 1. The molecule has 86 valence electrons. The first-order chi connectivity index (χ1) is 7.15. The van der Waals surface area contributed by atoms with Crippen molar-refractivity contribution in [1.29, 1.82) is 0 Å². The summed E-state index contributed by atoms with van der Waals surface area (Å²) < 4.78 is 4.67. The van der Waals surface area contributed by atoms with Gasteiger partial charge in [-0.25, -0.2) is 0 Å². The Labute approximate surface area is 90.6 Å². The predicted octanol–water partition coefficient (Wildman–Crippen LogP) is 1.05. The molecular weight excluding hydrogens is 194 g/mol. The number of carbonyl (C=O) groups is 2. The van der Waals surface area contributed by atoms with E-state index in [1.165, 1.54) is 7.11 Å². The zero-order valence-corrected chi connectivity index (χ0v) is 9.66. The molecule has 0 saturated heterocycles. The van der Waals surface area contributed by atoms with Crippen molar-refractivity contribution in [2.24, 2.45) is 11.8 Å². The van der Waals surface area contributed by atoms with Gasteiger partial charge in [-0.05, 0) is 26.7 Å². The Balaban J connectivity index is 2.57. The van der Waals surface area contributed by atoms with Crippen molar-refractivity contribution < 1.29 is 14.3 Å². The molecule has 0 aromatic rings. The van der Waals surface area contributed by atoms with E-state index in [0.29, 0.717) is 13.1 Å². The molecule has 0 N–H and O–H groups in total. The lowest BCUT2D eigenvalue weighted by Crippen LogP contribution is -2.46. The van der Waals surface area contributed by atoms with Crippen molar-refractivity contribution in [3.8, 4) is 0 Å². The van der Waals surface area contributed by atoms with E-state index >= 15 is 0 Å². The summed E-state index contributed by atoms with van der Waals surface area (Å²) in [6.07, 6.45) is 1.60. The van der Waals surface area contributed by atoms with Crippen LogP contribution in [-0.2, 0) is 14.3 Å². The minimum Gasteiger partial charge on any atom is -0.469 e. The lowest BCUT2D eigenvalue weighted by molar-refractivity contribution is -0.159. The number of nitrogens with zero attached hydrogens (tertiary/aromatic N) is 1. The molecule has 1 rings (SSSR count). The van der Waals surface area contributed by atoms with Crippen molar-refractivity contribution in [2.75, 3.05) is 20.2 Å². The van der Waals surface area contributed by atoms with Crippen molar-refractivity contribution in [3.63, 3.8) is 0 Å². The Kier molecular flexibility index (Phi) is 4.12. The molecule has 0 aliphatic heterocycles. The molecule has 0 aromatic carbocycles. The maximum absolute atomic E-state index is 11.9. The number of carbonyl (C=O) groups excluding carboxylic acids is 2. The van der Waals surface area contributed by atoms with Crippen molar-refractivity contribution >= 4 is 11.9 Å². The topological polar surface area (TPSA) is 46.6 Å². The monoisotopic (exact) mass is 213 g/mol. The summed E-state index contributed by atoms with van der Waals surface area (Å²) in [6.45, 7) is 5.32. The van der Waals surface area contributed by atoms with Gasteiger partial charge in [0.15, 0.2) is 0 Å². The van der Waals surface area contributed by atoms with Crippen molar-refractivity contribution in [1.82, 2.24) is 4.90 Å². The van der Waals surface area contributed by atoms with Gasteiger partial charge in [0.2, 0.25) is 5.91 Å². The van der Waals surface area contributed by atoms with Gasteiger partial charge in [0, 0.05) is 13.1 Å². The van der Waals surface area contributed by atoms with Crippen LogP contribution in [-0.4, -0.2) is 37.0 Å². The molecular formula is C11H19NO3. The quantitative estimate of drug-likeness (QED) is 0.656. The summed E-state index contributed by atoms with van der Waals surface area (Å²) in [5.74, 6) is -0.492. The molecule has 1 saturated carbocycles. The Morgan fingerprint density at radius 3 is 2.07 bits per heavy atom. The summed E-state index contributed by atoms with van der Waals surface area (Å²) in [7, 11) is 1.37. The number of esters is 1. The van der Waals surface area contributed by atoms with Crippen LogP contribution in [0, 0.1) is 11.8 Å². The zero-order chi connectivity index (χ0) is 11.4.